The van der Waals surface area contributed by atoms with Crippen molar-refractivity contribution in [3.8, 4) is 11.1 Å². The average molecular weight is 246 g/mol. The van der Waals surface area contributed by atoms with Gasteiger partial charge in [0.2, 0.25) is 0 Å². The van der Waals surface area contributed by atoms with Crippen LogP contribution in [0, 0.1) is 0 Å². The van der Waals surface area contributed by atoms with Crippen molar-refractivity contribution in [2.45, 2.75) is 6.42 Å². The Morgan fingerprint density at radius 3 is 2.28 bits per heavy atom. The Hall–Kier alpha value is -1.45. The number of hydrogen-bond donors (Lipinski definition) is 1. The molecule has 0 heterocycles. The van der Waals surface area contributed by atoms with E-state index in [2.05, 4.69) is 36.4 Å². The molecule has 2 N–H and O–H groups in total. The minimum atomic E-state index is 0. The van der Waals surface area contributed by atoms with Gasteiger partial charge >= 0.3 is 29.6 Å². The number of nitrogens with zero attached hydrogens (tertiary/aromatic N) is 3. The van der Waals surface area contributed by atoms with E-state index in [0.717, 1.165) is 12.1 Å². The number of nitrogens with two attached hydrogens (primary N) is 1. The molecule has 0 amide bonds. The first-order chi connectivity index (χ1) is 8.26. The van der Waals surface area contributed by atoms with E-state index in [1.54, 1.807) is 0 Å². The van der Waals surface area contributed by atoms with Crippen LogP contribution in [0.1, 0.15) is 11.1 Å². The van der Waals surface area contributed by atoms with E-state index in [-0.39, 0.29) is 29.6 Å². The standard InChI is InChI=1S/C13H11N.N3.Na/c14-11-5-6-13-10(8-11)7-9-3-1-2-4-12(9)13;1-3-2;/h1-6,8H,7,14H2;;/q;-1;+1. The molecule has 0 radical (unpaired) electrons. The molecule has 1 aliphatic carbocycles. The summed E-state index contributed by atoms with van der Waals surface area (Å²) < 4.78 is 0. The summed E-state index contributed by atoms with van der Waals surface area (Å²) in [5, 5.41) is 0. The Labute approximate surface area is 128 Å². The topological polar surface area (TPSA) is 84.7 Å². The van der Waals surface area contributed by atoms with Crippen molar-refractivity contribution in [2.75, 3.05) is 5.73 Å². The van der Waals surface area contributed by atoms with Gasteiger partial charge in [0, 0.05) is 5.69 Å². The Balaban J connectivity index is 0.000000372. The summed E-state index contributed by atoms with van der Waals surface area (Å²) in [6.45, 7) is 0. The Bertz CT molecular complexity index is 589. The molecule has 5 heteroatoms. The predicted molar refractivity (Wildman–Crippen MR) is 69.2 cm³/mol. The molecule has 84 valence electrons. The molecule has 0 aliphatic heterocycles. The van der Waals surface area contributed by atoms with Gasteiger partial charge in [0.15, 0.2) is 0 Å². The first-order valence-corrected chi connectivity index (χ1v) is 5.21. The average Bonchev–Trinajstić information content (AvgIpc) is 2.67. The molecule has 0 unspecified atom stereocenters. The minimum absolute atomic E-state index is 0. The van der Waals surface area contributed by atoms with Crippen LogP contribution in [0.5, 0.6) is 0 Å². The molecule has 0 saturated heterocycles. The number of hydrogen-bond acceptors (Lipinski definition) is 1. The molecule has 0 spiro atoms. The van der Waals surface area contributed by atoms with Crippen molar-refractivity contribution in [2.24, 2.45) is 0 Å². The van der Waals surface area contributed by atoms with E-state index in [0.29, 0.717) is 0 Å². The smallest absolute Gasteiger partial charge is 0.399 e. The van der Waals surface area contributed by atoms with Gasteiger partial charge in [-0.1, -0.05) is 30.3 Å². The molecule has 0 atom stereocenters. The third-order valence-corrected chi connectivity index (χ3v) is 2.82. The molecule has 0 fully saturated rings. The third kappa shape index (κ3) is 2.86. The second-order valence-electron chi connectivity index (χ2n) is 3.84. The zero-order chi connectivity index (χ0) is 12.3. The maximum atomic E-state index is 6.75. The summed E-state index contributed by atoms with van der Waals surface area (Å²) in [5.74, 6) is 0. The summed E-state index contributed by atoms with van der Waals surface area (Å²) >= 11 is 0. The van der Waals surface area contributed by atoms with Crippen LogP contribution in [0.4, 0.5) is 5.69 Å². The second kappa shape index (κ2) is 6.47. The number of fused-ring (bicyclic) bond motifs is 3. The van der Waals surface area contributed by atoms with Crippen molar-refractivity contribution in [1.29, 1.82) is 0 Å². The van der Waals surface area contributed by atoms with E-state index >= 15 is 0 Å². The first-order valence-electron chi connectivity index (χ1n) is 5.21. The van der Waals surface area contributed by atoms with Crippen molar-refractivity contribution in [3.63, 3.8) is 0 Å². The van der Waals surface area contributed by atoms with Crippen LogP contribution in [0.2, 0.25) is 0 Å². The molecule has 2 aromatic rings. The zero-order valence-electron chi connectivity index (χ0n) is 10.2. The molecule has 0 bridgehead atoms. The van der Waals surface area contributed by atoms with E-state index in [9.17, 15) is 0 Å². The van der Waals surface area contributed by atoms with Gasteiger partial charge in [0.1, 0.15) is 0 Å². The van der Waals surface area contributed by atoms with Crippen LogP contribution in [-0.4, -0.2) is 0 Å². The van der Waals surface area contributed by atoms with Crippen LogP contribution in [-0.2, 0) is 6.42 Å². The minimum Gasteiger partial charge on any atom is -0.399 e. The molecule has 1 aliphatic rings. The van der Waals surface area contributed by atoms with Crippen molar-refractivity contribution in [1.82, 2.24) is 0 Å². The van der Waals surface area contributed by atoms with Gasteiger partial charge in [-0.25, -0.2) is 0 Å². The van der Waals surface area contributed by atoms with Crippen LogP contribution in [0.25, 0.3) is 27.1 Å². The van der Waals surface area contributed by atoms with Gasteiger partial charge in [-0.2, -0.15) is 0 Å². The molecule has 0 saturated carbocycles. The van der Waals surface area contributed by atoms with Crippen molar-refractivity contribution >= 4 is 5.69 Å². The number of rotatable bonds is 0. The summed E-state index contributed by atoms with van der Waals surface area (Å²) in [7, 11) is 0. The first kappa shape index (κ1) is 14.6. The maximum absolute atomic E-state index is 6.75. The quantitative estimate of drug-likeness (QED) is 0.204. The summed E-state index contributed by atoms with van der Waals surface area (Å²) in [4.78, 5) is 1.50. The van der Waals surface area contributed by atoms with Gasteiger partial charge in [-0.15, -0.1) is 0 Å². The Kier molecular flexibility index (Phi) is 5.25. The van der Waals surface area contributed by atoms with Gasteiger partial charge in [-0.05, 0) is 40.8 Å². The van der Waals surface area contributed by atoms with E-state index in [1.165, 1.54) is 27.2 Å². The predicted octanol–water partition coefficient (Wildman–Crippen LogP) is 0.710. The Morgan fingerprint density at radius 1 is 0.944 bits per heavy atom. The van der Waals surface area contributed by atoms with Crippen LogP contribution in [0.3, 0.4) is 0 Å². The monoisotopic (exact) mass is 246 g/mol. The van der Waals surface area contributed by atoms with Gasteiger partial charge in [-0.3, -0.25) is 4.91 Å². The number of benzene rings is 2. The molecule has 4 nitrogen and oxygen atoms in total. The molecule has 3 rings (SSSR count). The van der Waals surface area contributed by atoms with Gasteiger partial charge in [0.25, 0.3) is 0 Å². The molecule has 18 heavy (non-hydrogen) atoms. The maximum Gasteiger partial charge on any atom is 1.00 e. The molecule has 0 aromatic heterocycles. The largest absolute Gasteiger partial charge is 1.00 e. The number of anilines is 1. The summed E-state index contributed by atoms with van der Waals surface area (Å²) in [6, 6.07) is 14.7. The zero-order valence-corrected chi connectivity index (χ0v) is 12.2. The van der Waals surface area contributed by atoms with E-state index in [1.807, 2.05) is 6.07 Å². The van der Waals surface area contributed by atoms with E-state index in [4.69, 9.17) is 16.8 Å². The molecular formula is C13H11N4Na. The summed E-state index contributed by atoms with van der Waals surface area (Å²) in [5.41, 5.74) is 25.6. The van der Waals surface area contributed by atoms with Crippen LogP contribution < -0.4 is 35.3 Å². The SMILES string of the molecule is Nc1ccc2c(c1)Cc1ccccc1-2.[N-]=[N+]=[N-].[Na+]. The molecule has 2 aromatic carbocycles. The number of nitrogen functional groups attached to an aromatic ring is 1. The van der Waals surface area contributed by atoms with Crippen molar-refractivity contribution in [3.05, 3.63) is 69.6 Å². The fourth-order valence-corrected chi connectivity index (χ4v) is 2.17. The Morgan fingerprint density at radius 2 is 1.56 bits per heavy atom. The third-order valence-electron chi connectivity index (χ3n) is 2.82. The molecular weight excluding hydrogens is 235 g/mol. The fourth-order valence-electron chi connectivity index (χ4n) is 2.17. The summed E-state index contributed by atoms with van der Waals surface area (Å²) in [6.07, 6.45) is 1.02. The fraction of sp³-hybridized carbons (Fsp3) is 0.0769. The van der Waals surface area contributed by atoms with Gasteiger partial charge < -0.3 is 16.8 Å². The second-order valence-corrected chi connectivity index (χ2v) is 3.84. The van der Waals surface area contributed by atoms with Crippen LogP contribution in [0.15, 0.2) is 42.5 Å². The van der Waals surface area contributed by atoms with Crippen molar-refractivity contribution < 1.29 is 29.6 Å². The van der Waals surface area contributed by atoms with Gasteiger partial charge in [0.05, 0.1) is 0 Å². The normalized spacial score (nSPS) is 10.0. The van der Waals surface area contributed by atoms with Crippen LogP contribution >= 0.6 is 0 Å². The van der Waals surface area contributed by atoms with E-state index < -0.39 is 0 Å².